The number of anilines is 1. The van der Waals surface area contributed by atoms with Gasteiger partial charge < -0.3 is 4.74 Å². The largest absolute Gasteiger partial charge is 0.452 e. The number of benzene rings is 1. The highest BCUT2D eigenvalue weighted by Gasteiger charge is 2.66. The van der Waals surface area contributed by atoms with Crippen LogP contribution in [0.5, 0.6) is 0 Å². The lowest BCUT2D eigenvalue weighted by Crippen LogP contribution is -2.64. The van der Waals surface area contributed by atoms with Crippen LogP contribution in [0.2, 0.25) is 0 Å². The second kappa shape index (κ2) is 4.10. The lowest BCUT2D eigenvalue weighted by Gasteiger charge is -2.47. The van der Waals surface area contributed by atoms with E-state index >= 15 is 0 Å². The Morgan fingerprint density at radius 2 is 2.19 bits per heavy atom. The summed E-state index contributed by atoms with van der Waals surface area (Å²) in [4.78, 5) is 14.3. The Balaban J connectivity index is 2.00. The molecule has 0 bridgehead atoms. The molecular weight excluding hydrogens is 264 g/mol. The van der Waals surface area contributed by atoms with E-state index in [0.29, 0.717) is 0 Å². The lowest BCUT2D eigenvalue weighted by molar-refractivity contribution is 0.154. The average molecular weight is 284 g/mol. The van der Waals surface area contributed by atoms with Crippen LogP contribution in [0.25, 0.3) is 0 Å². The number of para-hydroxylation sites is 1. The molecule has 3 aliphatic rings. The molecule has 2 aliphatic heterocycles. The van der Waals surface area contributed by atoms with E-state index in [2.05, 4.69) is 30.4 Å². The summed E-state index contributed by atoms with van der Waals surface area (Å²) < 4.78 is 5.09. The molecule has 1 aromatic carbocycles. The molecule has 0 spiro atoms. The highest BCUT2D eigenvalue weighted by molar-refractivity contribution is 5.94. The number of nitrogens with one attached hydrogen (secondary N) is 1. The second-order valence-electron chi connectivity index (χ2n) is 6.37. The van der Waals surface area contributed by atoms with Crippen LogP contribution in [0.4, 0.5) is 10.5 Å². The number of carbonyl (C=O) groups is 1. The number of methoxy groups -OCH3 is 1. The van der Waals surface area contributed by atoms with Crippen molar-refractivity contribution in [2.45, 2.75) is 37.3 Å². The van der Waals surface area contributed by atoms with Crippen molar-refractivity contribution in [3.05, 3.63) is 41.5 Å². The maximum absolute atomic E-state index is 12.5. The Morgan fingerprint density at radius 1 is 1.38 bits per heavy atom. The summed E-state index contributed by atoms with van der Waals surface area (Å²) in [5.74, 6) is 0. The summed E-state index contributed by atoms with van der Waals surface area (Å²) in [6.07, 6.45) is 4.89. The highest BCUT2D eigenvalue weighted by Crippen LogP contribution is 2.61. The van der Waals surface area contributed by atoms with Crippen LogP contribution in [0.3, 0.4) is 0 Å². The van der Waals surface area contributed by atoms with Crippen molar-refractivity contribution in [3.63, 3.8) is 0 Å². The maximum Gasteiger partial charge on any atom is 0.415 e. The topological polar surface area (TPSA) is 41.6 Å². The van der Waals surface area contributed by atoms with E-state index in [-0.39, 0.29) is 17.2 Å². The fraction of sp³-hybridized carbons (Fsp3) is 0.471. The number of ether oxygens (including phenoxy) is 1. The van der Waals surface area contributed by atoms with Gasteiger partial charge in [0.25, 0.3) is 0 Å². The Hall–Kier alpha value is -1.81. The predicted octanol–water partition coefficient (Wildman–Crippen LogP) is 2.94. The first-order valence-corrected chi connectivity index (χ1v) is 7.53. The Labute approximate surface area is 124 Å². The third-order valence-electron chi connectivity index (χ3n) is 5.49. The minimum atomic E-state index is -0.358. The maximum atomic E-state index is 12.5. The molecule has 1 aromatic rings. The van der Waals surface area contributed by atoms with E-state index in [4.69, 9.17) is 4.74 Å². The van der Waals surface area contributed by atoms with Crippen molar-refractivity contribution >= 4 is 11.8 Å². The van der Waals surface area contributed by atoms with Gasteiger partial charge in [0.15, 0.2) is 0 Å². The minimum Gasteiger partial charge on any atom is -0.452 e. The molecule has 4 rings (SSSR count). The summed E-state index contributed by atoms with van der Waals surface area (Å²) in [5.41, 5.74) is 3.32. The van der Waals surface area contributed by atoms with Gasteiger partial charge in [0, 0.05) is 11.8 Å². The number of allylic oxidation sites excluding steroid dienone is 1. The van der Waals surface area contributed by atoms with Crippen LogP contribution < -0.4 is 10.2 Å². The number of amides is 1. The van der Waals surface area contributed by atoms with Gasteiger partial charge in [-0.15, -0.1) is 0 Å². The molecule has 1 N–H and O–H groups in total. The van der Waals surface area contributed by atoms with Gasteiger partial charge >= 0.3 is 6.09 Å². The van der Waals surface area contributed by atoms with Crippen molar-refractivity contribution in [2.75, 3.05) is 18.6 Å². The summed E-state index contributed by atoms with van der Waals surface area (Å²) in [6, 6.07) is 8.29. The van der Waals surface area contributed by atoms with Crippen molar-refractivity contribution in [1.82, 2.24) is 5.32 Å². The van der Waals surface area contributed by atoms with Crippen LogP contribution in [-0.2, 0) is 10.2 Å². The fourth-order valence-electron chi connectivity index (χ4n) is 4.69. The minimum absolute atomic E-state index is 0.0172. The number of hydrogen-bond acceptors (Lipinski definition) is 3. The van der Waals surface area contributed by atoms with Gasteiger partial charge in [0.1, 0.15) is 5.66 Å². The Bertz CT molecular complexity index is 654. The molecule has 2 heterocycles. The van der Waals surface area contributed by atoms with E-state index in [9.17, 15) is 4.79 Å². The molecule has 110 valence electrons. The summed E-state index contributed by atoms with van der Waals surface area (Å²) in [7, 11) is 1.46. The van der Waals surface area contributed by atoms with Gasteiger partial charge in [-0.3, -0.25) is 10.2 Å². The number of carbonyl (C=O) groups excluding carboxylic acids is 1. The third kappa shape index (κ3) is 1.36. The zero-order valence-corrected chi connectivity index (χ0v) is 12.5. The number of nitrogens with zero attached hydrogens (tertiary/aromatic N) is 1. The molecule has 0 unspecified atom stereocenters. The van der Waals surface area contributed by atoms with Crippen molar-refractivity contribution in [3.8, 4) is 0 Å². The summed E-state index contributed by atoms with van der Waals surface area (Å²) >= 11 is 0. The molecule has 4 heteroatoms. The molecule has 4 nitrogen and oxygen atoms in total. The van der Waals surface area contributed by atoms with Gasteiger partial charge in [-0.05, 0) is 37.9 Å². The molecular formula is C17H20N2O2. The first-order chi connectivity index (χ1) is 10.1. The monoisotopic (exact) mass is 284 g/mol. The van der Waals surface area contributed by atoms with Crippen LogP contribution in [0.15, 0.2) is 35.9 Å². The van der Waals surface area contributed by atoms with Gasteiger partial charge in [-0.2, -0.15) is 0 Å². The fourth-order valence-corrected chi connectivity index (χ4v) is 4.69. The first kappa shape index (κ1) is 12.9. The van der Waals surface area contributed by atoms with E-state index in [0.717, 1.165) is 31.5 Å². The summed E-state index contributed by atoms with van der Waals surface area (Å²) in [5, 5.41) is 3.64. The lowest BCUT2D eigenvalue weighted by atomic mass is 9.65. The standard InChI is InChI=1S/C17H20N2O2/c1-12-7-8-17-16(11-12,9-10-18-17)13-5-3-4-6-14(13)19(17)15(20)21-2/h3-7,18H,8-11H2,1-2H3/t16-,17-/m1/s1. The zero-order chi connectivity index (χ0) is 14.7. The SMILES string of the molecule is COC(=O)N1c2ccccc2[C@]23CCN[C@]12CC=C(C)C3. The molecule has 2 atom stereocenters. The molecule has 0 aromatic heterocycles. The average Bonchev–Trinajstić information content (AvgIpc) is 2.97. The van der Waals surface area contributed by atoms with Crippen molar-refractivity contribution in [2.24, 2.45) is 0 Å². The molecule has 1 saturated heterocycles. The number of fused-ring (bicyclic) bond motifs is 1. The third-order valence-corrected chi connectivity index (χ3v) is 5.49. The van der Waals surface area contributed by atoms with E-state index in [1.807, 2.05) is 17.0 Å². The van der Waals surface area contributed by atoms with Crippen LogP contribution >= 0.6 is 0 Å². The van der Waals surface area contributed by atoms with Gasteiger partial charge in [-0.1, -0.05) is 29.8 Å². The molecule has 1 amide bonds. The Morgan fingerprint density at radius 3 is 3.00 bits per heavy atom. The van der Waals surface area contributed by atoms with Gasteiger partial charge in [0.2, 0.25) is 0 Å². The first-order valence-electron chi connectivity index (χ1n) is 7.53. The quantitative estimate of drug-likeness (QED) is 0.745. The number of rotatable bonds is 0. The van der Waals surface area contributed by atoms with Crippen LogP contribution in [0.1, 0.15) is 31.7 Å². The smallest absolute Gasteiger partial charge is 0.415 e. The zero-order valence-electron chi connectivity index (χ0n) is 12.5. The van der Waals surface area contributed by atoms with Gasteiger partial charge in [-0.25, -0.2) is 4.79 Å². The predicted molar refractivity (Wildman–Crippen MR) is 81.3 cm³/mol. The van der Waals surface area contributed by atoms with Crippen molar-refractivity contribution in [1.29, 1.82) is 0 Å². The van der Waals surface area contributed by atoms with E-state index in [1.165, 1.54) is 18.2 Å². The van der Waals surface area contributed by atoms with Crippen LogP contribution in [-0.4, -0.2) is 25.4 Å². The van der Waals surface area contributed by atoms with Crippen LogP contribution in [0, 0.1) is 0 Å². The highest BCUT2D eigenvalue weighted by atomic mass is 16.5. The normalized spacial score (nSPS) is 33.0. The van der Waals surface area contributed by atoms with Gasteiger partial charge in [0.05, 0.1) is 12.8 Å². The molecule has 1 aliphatic carbocycles. The molecule has 0 radical (unpaired) electrons. The second-order valence-corrected chi connectivity index (χ2v) is 6.37. The molecule has 21 heavy (non-hydrogen) atoms. The summed E-state index contributed by atoms with van der Waals surface area (Å²) in [6.45, 7) is 3.13. The van der Waals surface area contributed by atoms with E-state index < -0.39 is 0 Å². The number of hydrogen-bond donors (Lipinski definition) is 1. The van der Waals surface area contributed by atoms with E-state index in [1.54, 1.807) is 0 Å². The molecule has 1 fully saturated rings. The Kier molecular flexibility index (Phi) is 2.52. The van der Waals surface area contributed by atoms with Crippen molar-refractivity contribution < 1.29 is 9.53 Å². The molecule has 0 saturated carbocycles.